The number of carboxylic acids is 1. The standard InChI is InChI=1S/C18H21BrN2O2/c1-11-6-14(18(22)23)7-12(2)21(11)10-15-9-16(19)8-13-4-3-5-20-17(13)15/h3-5,8-9,11-12,14H,6-7,10H2,1-2H3,(H,22,23). The van der Waals surface area contributed by atoms with E-state index in [1.165, 1.54) is 5.56 Å². The molecule has 122 valence electrons. The molecule has 2 atom stereocenters. The maximum absolute atomic E-state index is 11.3. The minimum atomic E-state index is -0.669. The summed E-state index contributed by atoms with van der Waals surface area (Å²) in [7, 11) is 0. The van der Waals surface area contributed by atoms with Gasteiger partial charge in [0.25, 0.3) is 0 Å². The second-order valence-electron chi connectivity index (χ2n) is 6.52. The number of nitrogens with zero attached hydrogens (tertiary/aromatic N) is 2. The Morgan fingerprint density at radius 3 is 2.70 bits per heavy atom. The SMILES string of the molecule is CC1CC(C(=O)O)CC(C)N1Cc1cc(Br)cc2cccnc12. The van der Waals surface area contributed by atoms with Gasteiger partial charge in [-0.2, -0.15) is 0 Å². The second-order valence-corrected chi connectivity index (χ2v) is 7.43. The van der Waals surface area contributed by atoms with Crippen molar-refractivity contribution in [1.29, 1.82) is 0 Å². The number of carboxylic acid groups (broad SMARTS) is 1. The third-order valence-electron chi connectivity index (χ3n) is 4.83. The summed E-state index contributed by atoms with van der Waals surface area (Å²) in [5.74, 6) is -0.897. The highest BCUT2D eigenvalue weighted by Crippen LogP contribution is 2.31. The van der Waals surface area contributed by atoms with Crippen LogP contribution in [0, 0.1) is 5.92 Å². The van der Waals surface area contributed by atoms with Gasteiger partial charge in [0.05, 0.1) is 11.4 Å². The van der Waals surface area contributed by atoms with Gasteiger partial charge in [-0.05, 0) is 50.5 Å². The zero-order valence-electron chi connectivity index (χ0n) is 13.4. The van der Waals surface area contributed by atoms with E-state index in [4.69, 9.17) is 0 Å². The summed E-state index contributed by atoms with van der Waals surface area (Å²) in [6.45, 7) is 5.04. The third-order valence-corrected chi connectivity index (χ3v) is 5.29. The number of halogens is 1. The van der Waals surface area contributed by atoms with E-state index < -0.39 is 5.97 Å². The molecule has 0 radical (unpaired) electrons. The van der Waals surface area contributed by atoms with E-state index in [0.717, 1.165) is 21.9 Å². The Bertz CT molecular complexity index is 722. The van der Waals surface area contributed by atoms with Gasteiger partial charge in [0, 0.05) is 34.7 Å². The molecule has 2 unspecified atom stereocenters. The Morgan fingerprint density at radius 2 is 2.04 bits per heavy atom. The number of aliphatic carboxylic acids is 1. The van der Waals surface area contributed by atoms with E-state index in [1.807, 2.05) is 12.3 Å². The van der Waals surface area contributed by atoms with Crippen molar-refractivity contribution in [2.45, 2.75) is 45.3 Å². The van der Waals surface area contributed by atoms with Crippen molar-refractivity contribution in [2.75, 3.05) is 0 Å². The molecule has 0 bridgehead atoms. The Hall–Kier alpha value is -1.46. The van der Waals surface area contributed by atoms with Crippen LogP contribution in [0.4, 0.5) is 0 Å². The number of pyridine rings is 1. The van der Waals surface area contributed by atoms with E-state index in [2.05, 4.69) is 57.9 Å². The molecule has 4 nitrogen and oxygen atoms in total. The Labute approximate surface area is 144 Å². The summed E-state index contributed by atoms with van der Waals surface area (Å²) < 4.78 is 1.05. The van der Waals surface area contributed by atoms with E-state index >= 15 is 0 Å². The number of aromatic nitrogens is 1. The van der Waals surface area contributed by atoms with E-state index in [1.54, 1.807) is 0 Å². The van der Waals surface area contributed by atoms with Crippen LogP contribution < -0.4 is 0 Å². The van der Waals surface area contributed by atoms with Crippen LogP contribution in [0.2, 0.25) is 0 Å². The number of hydrogen-bond acceptors (Lipinski definition) is 3. The fourth-order valence-corrected chi connectivity index (χ4v) is 4.21. The first-order valence-electron chi connectivity index (χ1n) is 7.97. The van der Waals surface area contributed by atoms with Crippen molar-refractivity contribution in [3.63, 3.8) is 0 Å². The molecule has 1 aromatic heterocycles. The first kappa shape index (κ1) is 16.4. The number of hydrogen-bond donors (Lipinski definition) is 1. The van der Waals surface area contributed by atoms with Crippen LogP contribution in [0.1, 0.15) is 32.3 Å². The van der Waals surface area contributed by atoms with Crippen LogP contribution in [0.3, 0.4) is 0 Å². The lowest BCUT2D eigenvalue weighted by Crippen LogP contribution is -2.47. The monoisotopic (exact) mass is 376 g/mol. The van der Waals surface area contributed by atoms with Gasteiger partial charge in [-0.15, -0.1) is 0 Å². The summed E-state index contributed by atoms with van der Waals surface area (Å²) in [5.41, 5.74) is 2.21. The summed E-state index contributed by atoms with van der Waals surface area (Å²) in [6, 6.07) is 8.71. The lowest BCUT2D eigenvalue weighted by molar-refractivity contribution is -0.145. The predicted molar refractivity (Wildman–Crippen MR) is 94.3 cm³/mol. The number of benzene rings is 1. The molecule has 0 spiro atoms. The highest BCUT2D eigenvalue weighted by atomic mass is 79.9. The number of piperidine rings is 1. The molecule has 5 heteroatoms. The largest absolute Gasteiger partial charge is 0.481 e. The highest BCUT2D eigenvalue weighted by Gasteiger charge is 2.34. The van der Waals surface area contributed by atoms with Crippen LogP contribution in [-0.4, -0.2) is 33.0 Å². The molecule has 0 amide bonds. The molecule has 1 fully saturated rings. The first-order valence-corrected chi connectivity index (χ1v) is 8.76. The van der Waals surface area contributed by atoms with Crippen LogP contribution in [0.15, 0.2) is 34.9 Å². The van der Waals surface area contributed by atoms with Crippen LogP contribution in [0.25, 0.3) is 10.9 Å². The minimum absolute atomic E-state index is 0.228. The summed E-state index contributed by atoms with van der Waals surface area (Å²) in [5, 5.41) is 10.4. The second kappa shape index (κ2) is 6.57. The average molecular weight is 377 g/mol. The van der Waals surface area contributed by atoms with Crippen LogP contribution in [-0.2, 0) is 11.3 Å². The van der Waals surface area contributed by atoms with Gasteiger partial charge >= 0.3 is 5.97 Å². The molecule has 1 aliphatic heterocycles. The van der Waals surface area contributed by atoms with Gasteiger partial charge in [0.1, 0.15) is 0 Å². The first-order chi connectivity index (χ1) is 11.0. The summed E-state index contributed by atoms with van der Waals surface area (Å²) >= 11 is 3.58. The maximum Gasteiger partial charge on any atom is 0.306 e. The third kappa shape index (κ3) is 3.40. The number of likely N-dealkylation sites (tertiary alicyclic amines) is 1. The van der Waals surface area contributed by atoms with E-state index in [0.29, 0.717) is 12.8 Å². The highest BCUT2D eigenvalue weighted by molar-refractivity contribution is 9.10. The maximum atomic E-state index is 11.3. The number of rotatable bonds is 3. The molecular weight excluding hydrogens is 356 g/mol. The van der Waals surface area contributed by atoms with Gasteiger partial charge in [-0.1, -0.05) is 22.0 Å². The van der Waals surface area contributed by atoms with Crippen molar-refractivity contribution >= 4 is 32.8 Å². The van der Waals surface area contributed by atoms with Gasteiger partial charge in [0.2, 0.25) is 0 Å². The zero-order valence-corrected chi connectivity index (χ0v) is 15.0. The number of fused-ring (bicyclic) bond motifs is 1. The minimum Gasteiger partial charge on any atom is -0.481 e. The molecule has 23 heavy (non-hydrogen) atoms. The Morgan fingerprint density at radius 1 is 1.35 bits per heavy atom. The van der Waals surface area contributed by atoms with Crippen molar-refractivity contribution < 1.29 is 9.90 Å². The van der Waals surface area contributed by atoms with Crippen molar-refractivity contribution in [3.05, 3.63) is 40.5 Å². The molecule has 2 aromatic rings. The molecule has 3 rings (SSSR count). The predicted octanol–water partition coefficient (Wildman–Crippen LogP) is 4.07. The smallest absolute Gasteiger partial charge is 0.306 e. The van der Waals surface area contributed by atoms with Gasteiger partial charge in [-0.3, -0.25) is 14.7 Å². The normalized spacial score (nSPS) is 25.6. The van der Waals surface area contributed by atoms with Gasteiger partial charge in [0.15, 0.2) is 0 Å². The molecule has 1 N–H and O–H groups in total. The zero-order chi connectivity index (χ0) is 16.6. The lowest BCUT2D eigenvalue weighted by Gasteiger charge is -2.41. The molecular formula is C18H21BrN2O2. The Balaban J connectivity index is 1.89. The lowest BCUT2D eigenvalue weighted by atomic mass is 9.87. The van der Waals surface area contributed by atoms with Crippen LogP contribution >= 0.6 is 15.9 Å². The molecule has 2 heterocycles. The Kier molecular flexibility index (Phi) is 4.69. The van der Waals surface area contributed by atoms with E-state index in [-0.39, 0.29) is 18.0 Å². The van der Waals surface area contributed by atoms with Crippen molar-refractivity contribution in [3.8, 4) is 0 Å². The fourth-order valence-electron chi connectivity index (χ4n) is 3.68. The molecule has 0 saturated carbocycles. The molecule has 1 saturated heterocycles. The fraction of sp³-hybridized carbons (Fsp3) is 0.444. The summed E-state index contributed by atoms with van der Waals surface area (Å²) in [4.78, 5) is 18.2. The average Bonchev–Trinajstić information content (AvgIpc) is 2.50. The molecule has 0 aliphatic carbocycles. The van der Waals surface area contributed by atoms with Gasteiger partial charge < -0.3 is 5.11 Å². The molecule has 1 aliphatic rings. The topological polar surface area (TPSA) is 53.4 Å². The van der Waals surface area contributed by atoms with Gasteiger partial charge in [-0.25, -0.2) is 0 Å². The molecule has 1 aromatic carbocycles. The number of carbonyl (C=O) groups is 1. The van der Waals surface area contributed by atoms with E-state index in [9.17, 15) is 9.90 Å². The summed E-state index contributed by atoms with van der Waals surface area (Å²) in [6.07, 6.45) is 3.24. The van der Waals surface area contributed by atoms with Crippen LogP contribution in [0.5, 0.6) is 0 Å². The van der Waals surface area contributed by atoms with Crippen molar-refractivity contribution in [1.82, 2.24) is 9.88 Å². The van der Waals surface area contributed by atoms with Crippen molar-refractivity contribution in [2.24, 2.45) is 5.92 Å². The quantitative estimate of drug-likeness (QED) is 0.876.